The van der Waals surface area contributed by atoms with Gasteiger partial charge in [0.15, 0.2) is 0 Å². The molecule has 0 unspecified atom stereocenters. The number of carbonyl (C=O) groups excluding carboxylic acids is 2. The van der Waals surface area contributed by atoms with Crippen molar-refractivity contribution in [2.24, 2.45) is 5.92 Å². The number of halogens is 3. The van der Waals surface area contributed by atoms with Crippen molar-refractivity contribution in [2.45, 2.75) is 45.1 Å². The number of aliphatic hydroxyl groups excluding tert-OH is 1. The highest BCUT2D eigenvalue weighted by atomic mass is 19.4. The molecule has 3 atom stereocenters. The molecule has 0 aliphatic carbocycles. The number of hydrogen-bond donors (Lipinski definition) is 3. The lowest BCUT2D eigenvalue weighted by molar-refractivity contribution is -0.137. The normalized spacial score (nSPS) is 17.7. The molecule has 1 heterocycles. The van der Waals surface area contributed by atoms with Crippen molar-refractivity contribution in [1.82, 2.24) is 9.80 Å². The molecule has 0 aromatic heterocycles. The SMILES string of the molecule is C[C@H]1CN([C@@H](C)CO)C(=O)Cc2cc(NC(=O)Nc3cccc4ccccc34)ccc2O[C@@H]1CN(C)Cc1ccc(C(F)(F)F)cc1. The van der Waals surface area contributed by atoms with E-state index in [0.717, 1.165) is 28.5 Å². The molecule has 0 spiro atoms. The Bertz CT molecular complexity index is 1710. The van der Waals surface area contributed by atoms with E-state index in [9.17, 15) is 27.9 Å². The van der Waals surface area contributed by atoms with Crippen LogP contribution in [0.25, 0.3) is 10.8 Å². The van der Waals surface area contributed by atoms with Gasteiger partial charge in [-0.3, -0.25) is 9.69 Å². The Morgan fingerprint density at radius 3 is 2.49 bits per heavy atom. The number of carbonyl (C=O) groups is 2. The first-order chi connectivity index (χ1) is 22.4. The summed E-state index contributed by atoms with van der Waals surface area (Å²) in [5.74, 6) is 0.161. The first-order valence-corrected chi connectivity index (χ1v) is 15.5. The van der Waals surface area contributed by atoms with Crippen LogP contribution in [-0.2, 0) is 23.9 Å². The number of likely N-dealkylation sites (N-methyl/N-ethyl adjacent to an activating group) is 1. The highest BCUT2D eigenvalue weighted by molar-refractivity contribution is 6.06. The van der Waals surface area contributed by atoms with Gasteiger partial charge in [-0.05, 0) is 61.3 Å². The fourth-order valence-electron chi connectivity index (χ4n) is 5.83. The highest BCUT2D eigenvalue weighted by Crippen LogP contribution is 2.31. The van der Waals surface area contributed by atoms with E-state index in [4.69, 9.17) is 4.74 Å². The van der Waals surface area contributed by atoms with Crippen LogP contribution in [-0.4, -0.2) is 65.7 Å². The largest absolute Gasteiger partial charge is 0.488 e. The predicted molar refractivity (Wildman–Crippen MR) is 176 cm³/mol. The minimum absolute atomic E-state index is 0.000961. The number of amides is 3. The predicted octanol–water partition coefficient (Wildman–Crippen LogP) is 6.78. The number of ether oxygens (including phenoxy) is 1. The van der Waals surface area contributed by atoms with E-state index in [-0.39, 0.29) is 24.9 Å². The van der Waals surface area contributed by atoms with Crippen LogP contribution in [0.1, 0.15) is 30.5 Å². The van der Waals surface area contributed by atoms with Crippen LogP contribution in [0.5, 0.6) is 5.75 Å². The Kier molecular flexibility index (Phi) is 10.4. The molecule has 4 aromatic rings. The zero-order valence-corrected chi connectivity index (χ0v) is 26.6. The first-order valence-electron chi connectivity index (χ1n) is 15.5. The third-order valence-corrected chi connectivity index (χ3v) is 8.44. The topological polar surface area (TPSA) is 94.1 Å². The zero-order chi connectivity index (χ0) is 33.7. The first kappa shape index (κ1) is 33.7. The number of aliphatic hydroxyl groups is 1. The number of nitrogens with one attached hydrogen (secondary N) is 2. The quantitative estimate of drug-likeness (QED) is 0.196. The minimum Gasteiger partial charge on any atom is -0.488 e. The molecule has 0 fully saturated rings. The molecule has 3 amide bonds. The average molecular weight is 649 g/mol. The van der Waals surface area contributed by atoms with E-state index in [1.54, 1.807) is 30.0 Å². The maximum absolute atomic E-state index is 13.6. The molecule has 8 nitrogen and oxygen atoms in total. The number of anilines is 2. The molecule has 0 saturated carbocycles. The van der Waals surface area contributed by atoms with Crippen LogP contribution >= 0.6 is 0 Å². The number of fused-ring (bicyclic) bond motifs is 2. The van der Waals surface area contributed by atoms with Crippen molar-refractivity contribution in [1.29, 1.82) is 0 Å². The molecule has 1 aliphatic heterocycles. The van der Waals surface area contributed by atoms with E-state index in [2.05, 4.69) is 10.6 Å². The number of alkyl halides is 3. The number of benzene rings is 4. The maximum atomic E-state index is 13.6. The van der Waals surface area contributed by atoms with Crippen molar-refractivity contribution >= 4 is 34.1 Å². The molecule has 0 radical (unpaired) electrons. The molecule has 47 heavy (non-hydrogen) atoms. The minimum atomic E-state index is -4.40. The summed E-state index contributed by atoms with van der Waals surface area (Å²) in [4.78, 5) is 30.2. The van der Waals surface area contributed by atoms with Gasteiger partial charge in [-0.25, -0.2) is 4.79 Å². The molecule has 11 heteroatoms. The third kappa shape index (κ3) is 8.41. The van der Waals surface area contributed by atoms with Crippen LogP contribution in [0.4, 0.5) is 29.3 Å². The van der Waals surface area contributed by atoms with E-state index in [0.29, 0.717) is 42.3 Å². The van der Waals surface area contributed by atoms with Gasteiger partial charge in [0.05, 0.1) is 30.3 Å². The van der Waals surface area contributed by atoms with E-state index in [1.165, 1.54) is 12.1 Å². The van der Waals surface area contributed by atoms with Crippen molar-refractivity contribution in [3.05, 3.63) is 102 Å². The second-order valence-electron chi connectivity index (χ2n) is 12.2. The number of hydrogen-bond acceptors (Lipinski definition) is 5. The van der Waals surface area contributed by atoms with E-state index < -0.39 is 29.9 Å². The van der Waals surface area contributed by atoms with Gasteiger partial charge in [-0.1, -0.05) is 55.5 Å². The van der Waals surface area contributed by atoms with Crippen molar-refractivity contribution in [2.75, 3.05) is 37.4 Å². The Balaban J connectivity index is 1.35. The molecule has 5 rings (SSSR count). The van der Waals surface area contributed by atoms with Crippen LogP contribution in [0.15, 0.2) is 84.9 Å². The lowest BCUT2D eigenvalue weighted by Gasteiger charge is -2.34. The van der Waals surface area contributed by atoms with Crippen LogP contribution < -0.4 is 15.4 Å². The lowest BCUT2D eigenvalue weighted by Crippen LogP contribution is -2.47. The number of urea groups is 1. The molecule has 1 aliphatic rings. The molecular weight excluding hydrogens is 609 g/mol. The summed E-state index contributed by atoms with van der Waals surface area (Å²) < 4.78 is 45.7. The second kappa shape index (κ2) is 14.4. The van der Waals surface area contributed by atoms with Gasteiger partial charge in [-0.15, -0.1) is 0 Å². The fourth-order valence-corrected chi connectivity index (χ4v) is 5.83. The Hall–Kier alpha value is -4.61. The van der Waals surface area contributed by atoms with Gasteiger partial charge in [0.25, 0.3) is 0 Å². The standard InChI is InChI=1S/C36H39F3N4O4/c1-23-19-43(24(2)22-44)34(45)18-27-17-29(40-35(46)41-31-10-6-8-26-7-4-5-9-30(26)31)15-16-32(27)47-33(23)21-42(3)20-25-11-13-28(14-12-25)36(37,38)39/h4-17,23-24,33,44H,18-22H2,1-3H3,(H2,40,41,46)/t23-,24-,33+/m0/s1. The molecule has 0 saturated heterocycles. The van der Waals surface area contributed by atoms with Gasteiger partial charge in [0, 0.05) is 42.2 Å². The molecule has 4 aromatic carbocycles. The summed E-state index contributed by atoms with van der Waals surface area (Å²) in [6.07, 6.45) is -4.80. The monoisotopic (exact) mass is 648 g/mol. The van der Waals surface area contributed by atoms with Gasteiger partial charge >= 0.3 is 12.2 Å². The average Bonchev–Trinajstić information content (AvgIpc) is 3.08. The van der Waals surface area contributed by atoms with Crippen LogP contribution in [0, 0.1) is 5.92 Å². The summed E-state index contributed by atoms with van der Waals surface area (Å²) in [6, 6.07) is 22.8. The fraction of sp³-hybridized carbons (Fsp3) is 0.333. The van der Waals surface area contributed by atoms with Crippen LogP contribution in [0.2, 0.25) is 0 Å². The van der Waals surface area contributed by atoms with Gasteiger partial charge in [-0.2, -0.15) is 13.2 Å². The molecule has 248 valence electrons. The summed E-state index contributed by atoms with van der Waals surface area (Å²) in [5, 5.41) is 17.6. The lowest BCUT2D eigenvalue weighted by atomic mass is 10.0. The van der Waals surface area contributed by atoms with Crippen molar-refractivity contribution in [3.8, 4) is 5.75 Å². The Labute approximate surface area is 272 Å². The van der Waals surface area contributed by atoms with Crippen LogP contribution in [0.3, 0.4) is 0 Å². The van der Waals surface area contributed by atoms with E-state index in [1.807, 2.05) is 61.3 Å². The summed E-state index contributed by atoms with van der Waals surface area (Å²) in [7, 11) is 1.86. The molecule has 0 bridgehead atoms. The summed E-state index contributed by atoms with van der Waals surface area (Å²) in [6.45, 7) is 4.70. The van der Waals surface area contributed by atoms with Crippen molar-refractivity contribution in [3.63, 3.8) is 0 Å². The molecular formula is C36H39F3N4O4. The van der Waals surface area contributed by atoms with Gasteiger partial charge in [0.1, 0.15) is 11.9 Å². The van der Waals surface area contributed by atoms with Gasteiger partial charge < -0.3 is 25.4 Å². The maximum Gasteiger partial charge on any atom is 0.416 e. The highest BCUT2D eigenvalue weighted by Gasteiger charge is 2.32. The second-order valence-corrected chi connectivity index (χ2v) is 12.2. The number of nitrogens with zero attached hydrogens (tertiary/aromatic N) is 2. The smallest absolute Gasteiger partial charge is 0.416 e. The van der Waals surface area contributed by atoms with Gasteiger partial charge in [0.2, 0.25) is 5.91 Å². The third-order valence-electron chi connectivity index (χ3n) is 8.44. The molecule has 3 N–H and O–H groups in total. The summed E-state index contributed by atoms with van der Waals surface area (Å²) in [5.41, 5.74) is 1.74. The van der Waals surface area contributed by atoms with E-state index >= 15 is 0 Å². The Morgan fingerprint density at radius 2 is 1.77 bits per heavy atom. The number of rotatable bonds is 8. The zero-order valence-electron chi connectivity index (χ0n) is 26.6. The Morgan fingerprint density at radius 1 is 1.04 bits per heavy atom. The van der Waals surface area contributed by atoms with Crippen molar-refractivity contribution < 1.29 is 32.6 Å². The summed E-state index contributed by atoms with van der Waals surface area (Å²) >= 11 is 0.